The van der Waals surface area contributed by atoms with Gasteiger partial charge in [0.2, 0.25) is 0 Å². The van der Waals surface area contributed by atoms with E-state index >= 15 is 0 Å². The summed E-state index contributed by atoms with van der Waals surface area (Å²) >= 11 is 0. The number of anilines is 2. The van der Waals surface area contributed by atoms with E-state index < -0.39 is 0 Å². The fourth-order valence-electron chi connectivity index (χ4n) is 3.31. The van der Waals surface area contributed by atoms with E-state index in [4.69, 9.17) is 10.5 Å². The number of hydrogen-bond donors (Lipinski definition) is 2. The summed E-state index contributed by atoms with van der Waals surface area (Å²) in [5.41, 5.74) is 10.2. The van der Waals surface area contributed by atoms with Crippen LogP contribution in [0.15, 0.2) is 12.3 Å². The molecule has 3 rings (SSSR count). The lowest BCUT2D eigenvalue weighted by molar-refractivity contribution is 0.188. The van der Waals surface area contributed by atoms with E-state index in [0.29, 0.717) is 36.0 Å². The van der Waals surface area contributed by atoms with Crippen LogP contribution in [0.1, 0.15) is 35.9 Å². The Hall–Kier alpha value is -3.12. The van der Waals surface area contributed by atoms with Crippen molar-refractivity contribution in [2.45, 2.75) is 39.7 Å². The Bertz CT molecular complexity index is 998. The minimum atomic E-state index is 0.308. The van der Waals surface area contributed by atoms with Crippen LogP contribution in [0.3, 0.4) is 0 Å². The number of nitrogens with zero attached hydrogens (tertiary/aromatic N) is 6. The van der Waals surface area contributed by atoms with Crippen molar-refractivity contribution in [1.82, 2.24) is 24.4 Å². The minimum Gasteiger partial charge on any atom is -0.385 e. The van der Waals surface area contributed by atoms with Crippen molar-refractivity contribution >= 4 is 17.3 Å². The van der Waals surface area contributed by atoms with Crippen molar-refractivity contribution in [3.63, 3.8) is 0 Å². The van der Waals surface area contributed by atoms with Gasteiger partial charge in [0.05, 0.1) is 5.69 Å². The van der Waals surface area contributed by atoms with Crippen molar-refractivity contribution in [3.8, 4) is 6.07 Å². The van der Waals surface area contributed by atoms with Gasteiger partial charge in [-0.3, -0.25) is 4.68 Å². The number of nitrogen functional groups attached to an aromatic ring is 1. The van der Waals surface area contributed by atoms with Gasteiger partial charge in [-0.1, -0.05) is 6.92 Å². The lowest BCUT2D eigenvalue weighted by Gasteiger charge is -2.11. The summed E-state index contributed by atoms with van der Waals surface area (Å²) in [7, 11) is 1.70. The Morgan fingerprint density at radius 1 is 1.39 bits per heavy atom. The van der Waals surface area contributed by atoms with Crippen LogP contribution in [0.4, 0.5) is 11.6 Å². The second kappa shape index (κ2) is 8.71. The highest BCUT2D eigenvalue weighted by atomic mass is 16.5. The lowest BCUT2D eigenvalue weighted by atomic mass is 10.2. The number of rotatable bonds is 9. The van der Waals surface area contributed by atoms with Gasteiger partial charge in [0.25, 0.3) is 0 Å². The van der Waals surface area contributed by atoms with Crippen LogP contribution in [-0.4, -0.2) is 44.6 Å². The smallest absolute Gasteiger partial charge is 0.163 e. The third-order valence-corrected chi connectivity index (χ3v) is 4.76. The highest BCUT2D eigenvalue weighted by Crippen LogP contribution is 2.24. The predicted octanol–water partition coefficient (Wildman–Crippen LogP) is 1.94. The Kier molecular flexibility index (Phi) is 6.11. The Morgan fingerprint density at radius 2 is 2.21 bits per heavy atom. The monoisotopic (exact) mass is 382 g/mol. The third kappa shape index (κ3) is 3.77. The van der Waals surface area contributed by atoms with Gasteiger partial charge in [-0.25, -0.2) is 4.98 Å². The summed E-state index contributed by atoms with van der Waals surface area (Å²) in [5.74, 6) is 0.801. The molecule has 0 radical (unpaired) electrons. The summed E-state index contributed by atoms with van der Waals surface area (Å²) in [6.45, 7) is 6.11. The van der Waals surface area contributed by atoms with Crippen molar-refractivity contribution < 1.29 is 4.74 Å². The second-order valence-electron chi connectivity index (χ2n) is 6.55. The average molecular weight is 382 g/mol. The average Bonchev–Trinajstić information content (AvgIpc) is 3.26. The SMILES string of the molecule is CCc1c(C)nn2c(N)c(C#N)c(NCCc3ccnn3CCCOC)nc12. The summed E-state index contributed by atoms with van der Waals surface area (Å²) < 4.78 is 8.64. The van der Waals surface area contributed by atoms with E-state index in [1.807, 2.05) is 17.7 Å². The van der Waals surface area contributed by atoms with Gasteiger partial charge in [-0.05, 0) is 25.8 Å². The minimum absolute atomic E-state index is 0.308. The molecule has 3 aromatic heterocycles. The van der Waals surface area contributed by atoms with Gasteiger partial charge in [-0.2, -0.15) is 20.0 Å². The number of nitriles is 1. The fraction of sp³-hybridized carbons (Fsp3) is 0.474. The molecule has 0 aromatic carbocycles. The second-order valence-corrected chi connectivity index (χ2v) is 6.55. The van der Waals surface area contributed by atoms with Gasteiger partial charge >= 0.3 is 0 Å². The normalized spacial score (nSPS) is 11.1. The quantitative estimate of drug-likeness (QED) is 0.543. The molecule has 0 aliphatic rings. The molecule has 0 spiro atoms. The first-order valence-corrected chi connectivity index (χ1v) is 9.42. The van der Waals surface area contributed by atoms with E-state index in [-0.39, 0.29) is 0 Å². The highest BCUT2D eigenvalue weighted by Gasteiger charge is 2.18. The molecule has 3 N–H and O–H groups in total. The number of hydrogen-bond acceptors (Lipinski definition) is 7. The number of nitrogens with two attached hydrogens (primary N) is 1. The molecule has 0 fully saturated rings. The third-order valence-electron chi connectivity index (χ3n) is 4.76. The van der Waals surface area contributed by atoms with Crippen molar-refractivity contribution in [2.24, 2.45) is 0 Å². The van der Waals surface area contributed by atoms with E-state index in [1.54, 1.807) is 17.8 Å². The van der Waals surface area contributed by atoms with Crippen LogP contribution in [-0.2, 0) is 24.1 Å². The topological polar surface area (TPSA) is 119 Å². The van der Waals surface area contributed by atoms with Gasteiger partial charge in [-0.15, -0.1) is 0 Å². The maximum Gasteiger partial charge on any atom is 0.163 e. The summed E-state index contributed by atoms with van der Waals surface area (Å²) in [6.07, 6.45) is 4.26. The molecule has 0 aliphatic carbocycles. The molecular formula is C19H26N8O. The first-order valence-electron chi connectivity index (χ1n) is 9.42. The highest BCUT2D eigenvalue weighted by molar-refractivity contribution is 5.69. The van der Waals surface area contributed by atoms with Crippen LogP contribution in [0.25, 0.3) is 5.65 Å². The molecule has 28 heavy (non-hydrogen) atoms. The molecule has 0 amide bonds. The molecule has 0 aliphatic heterocycles. The number of methoxy groups -OCH3 is 1. The van der Waals surface area contributed by atoms with Crippen molar-refractivity contribution in [3.05, 3.63) is 34.8 Å². The molecular weight excluding hydrogens is 356 g/mol. The zero-order valence-corrected chi connectivity index (χ0v) is 16.6. The van der Waals surface area contributed by atoms with Gasteiger partial charge in [0.1, 0.15) is 23.3 Å². The predicted molar refractivity (Wildman–Crippen MR) is 107 cm³/mol. The van der Waals surface area contributed by atoms with Crippen LogP contribution >= 0.6 is 0 Å². The van der Waals surface area contributed by atoms with Crippen LogP contribution in [0.2, 0.25) is 0 Å². The molecule has 3 heterocycles. The van der Waals surface area contributed by atoms with E-state index in [2.05, 4.69) is 33.5 Å². The maximum absolute atomic E-state index is 9.56. The number of ether oxygens (including phenoxy) is 1. The molecule has 0 saturated heterocycles. The number of aryl methyl sites for hydroxylation is 3. The molecule has 9 heteroatoms. The summed E-state index contributed by atoms with van der Waals surface area (Å²) in [5, 5.41) is 21.6. The van der Waals surface area contributed by atoms with Gasteiger partial charge in [0.15, 0.2) is 5.65 Å². The molecule has 3 aromatic rings. The van der Waals surface area contributed by atoms with E-state index in [1.165, 1.54) is 0 Å². The first-order chi connectivity index (χ1) is 13.6. The first kappa shape index (κ1) is 19.6. The number of nitrogens with one attached hydrogen (secondary N) is 1. The number of aromatic nitrogens is 5. The Balaban J connectivity index is 1.78. The fourth-order valence-corrected chi connectivity index (χ4v) is 3.31. The van der Waals surface area contributed by atoms with E-state index in [9.17, 15) is 5.26 Å². The van der Waals surface area contributed by atoms with Crippen LogP contribution in [0, 0.1) is 18.3 Å². The maximum atomic E-state index is 9.56. The number of fused-ring (bicyclic) bond motifs is 1. The standard InChI is InChI=1S/C19H26N8O/c1-4-15-13(2)25-27-17(21)16(12-20)18(24-19(15)27)22-8-6-14-7-9-23-26(14)10-5-11-28-3/h7,9H,4-6,8,10-11,21H2,1-3H3,(H,22,24). The van der Waals surface area contributed by atoms with Crippen molar-refractivity contribution in [2.75, 3.05) is 31.3 Å². The Morgan fingerprint density at radius 3 is 2.93 bits per heavy atom. The van der Waals surface area contributed by atoms with E-state index in [0.717, 1.165) is 42.8 Å². The zero-order chi connectivity index (χ0) is 20.1. The largest absolute Gasteiger partial charge is 0.385 e. The van der Waals surface area contributed by atoms with Crippen LogP contribution in [0.5, 0.6) is 0 Å². The molecule has 0 atom stereocenters. The molecule has 9 nitrogen and oxygen atoms in total. The molecule has 0 saturated carbocycles. The summed E-state index contributed by atoms with van der Waals surface area (Å²) in [4.78, 5) is 4.65. The van der Waals surface area contributed by atoms with Gasteiger partial charge in [0, 0.05) is 50.7 Å². The van der Waals surface area contributed by atoms with Crippen LogP contribution < -0.4 is 11.1 Å². The molecule has 148 valence electrons. The summed E-state index contributed by atoms with van der Waals surface area (Å²) in [6, 6.07) is 4.15. The lowest BCUT2D eigenvalue weighted by Crippen LogP contribution is -2.14. The zero-order valence-electron chi connectivity index (χ0n) is 16.6. The Labute approximate surface area is 164 Å². The van der Waals surface area contributed by atoms with Gasteiger partial charge < -0.3 is 15.8 Å². The molecule has 0 bridgehead atoms. The molecule has 0 unspecified atom stereocenters. The van der Waals surface area contributed by atoms with Crippen molar-refractivity contribution in [1.29, 1.82) is 5.26 Å².